The number of hydrogen-bond acceptors (Lipinski definition) is 6. The van der Waals surface area contributed by atoms with Crippen LogP contribution in [0.1, 0.15) is 17.3 Å². The van der Waals surface area contributed by atoms with Gasteiger partial charge in [-0.2, -0.15) is 0 Å². The normalized spacial score (nSPS) is 12.7. The highest BCUT2D eigenvalue weighted by Crippen LogP contribution is 2.26. The number of hydrogen-bond donors (Lipinski definition) is 2. The summed E-state index contributed by atoms with van der Waals surface area (Å²) in [5, 5.41) is 21.7. The first-order valence-electron chi connectivity index (χ1n) is 5.44. The SMILES string of the molecule is CCOC(=O)c1cc([N+](=O)[O-])c2n(c1=N)CCN2. The number of pyridine rings is 1. The van der Waals surface area contributed by atoms with E-state index >= 15 is 0 Å². The van der Waals surface area contributed by atoms with Crippen LogP contribution in [-0.2, 0) is 11.3 Å². The topological polar surface area (TPSA) is 110 Å². The highest BCUT2D eigenvalue weighted by atomic mass is 16.6. The second-order valence-corrected chi connectivity index (χ2v) is 3.70. The minimum absolute atomic E-state index is 0.0703. The first-order chi connectivity index (χ1) is 8.56. The minimum atomic E-state index is -0.715. The van der Waals surface area contributed by atoms with Crippen molar-refractivity contribution in [2.75, 3.05) is 18.5 Å². The molecule has 0 amide bonds. The summed E-state index contributed by atoms with van der Waals surface area (Å²) in [6.45, 7) is 2.71. The molecule has 0 saturated carbocycles. The number of esters is 1. The average Bonchev–Trinajstić information content (AvgIpc) is 2.78. The Balaban J connectivity index is 2.62. The van der Waals surface area contributed by atoms with Gasteiger partial charge in [-0.1, -0.05) is 0 Å². The lowest BCUT2D eigenvalue weighted by molar-refractivity contribution is -0.384. The fourth-order valence-corrected chi connectivity index (χ4v) is 1.87. The van der Waals surface area contributed by atoms with Crippen LogP contribution < -0.4 is 10.8 Å². The quantitative estimate of drug-likeness (QED) is 0.461. The van der Waals surface area contributed by atoms with Crippen molar-refractivity contribution in [3.63, 3.8) is 0 Å². The van der Waals surface area contributed by atoms with Crippen molar-refractivity contribution in [1.29, 1.82) is 5.41 Å². The van der Waals surface area contributed by atoms with Gasteiger partial charge in [0.2, 0.25) is 0 Å². The minimum Gasteiger partial charge on any atom is -0.462 e. The first-order valence-corrected chi connectivity index (χ1v) is 5.44. The summed E-state index contributed by atoms with van der Waals surface area (Å²) >= 11 is 0. The van der Waals surface area contributed by atoms with E-state index in [9.17, 15) is 14.9 Å². The lowest BCUT2D eigenvalue weighted by Crippen LogP contribution is -2.27. The number of nitrogens with zero attached hydrogens (tertiary/aromatic N) is 2. The third-order valence-corrected chi connectivity index (χ3v) is 2.64. The summed E-state index contributed by atoms with van der Waals surface area (Å²) in [5.74, 6) is -0.453. The van der Waals surface area contributed by atoms with E-state index < -0.39 is 10.9 Å². The molecule has 0 spiro atoms. The van der Waals surface area contributed by atoms with Crippen molar-refractivity contribution in [1.82, 2.24) is 4.57 Å². The Morgan fingerprint density at radius 1 is 1.72 bits per heavy atom. The molecule has 18 heavy (non-hydrogen) atoms. The van der Waals surface area contributed by atoms with Crippen LogP contribution in [0.5, 0.6) is 0 Å². The van der Waals surface area contributed by atoms with Crippen LogP contribution in [0.4, 0.5) is 11.5 Å². The smallest absolute Gasteiger partial charge is 0.342 e. The lowest BCUT2D eigenvalue weighted by Gasteiger charge is -2.08. The van der Waals surface area contributed by atoms with Gasteiger partial charge in [0.25, 0.3) is 0 Å². The maximum atomic E-state index is 11.6. The van der Waals surface area contributed by atoms with Crippen molar-refractivity contribution >= 4 is 17.5 Å². The molecule has 1 aromatic rings. The Hall–Kier alpha value is -2.38. The van der Waals surface area contributed by atoms with E-state index in [0.717, 1.165) is 6.07 Å². The molecule has 96 valence electrons. The second kappa shape index (κ2) is 4.47. The van der Waals surface area contributed by atoms with Gasteiger partial charge in [0.15, 0.2) is 5.82 Å². The van der Waals surface area contributed by atoms with Crippen molar-refractivity contribution in [3.05, 3.63) is 27.2 Å². The van der Waals surface area contributed by atoms with Gasteiger partial charge < -0.3 is 14.6 Å². The number of nitro groups is 1. The summed E-state index contributed by atoms with van der Waals surface area (Å²) in [5.41, 5.74) is -0.374. The maximum Gasteiger partial charge on any atom is 0.342 e. The van der Waals surface area contributed by atoms with Gasteiger partial charge in [-0.25, -0.2) is 4.79 Å². The van der Waals surface area contributed by atoms with Gasteiger partial charge in [0, 0.05) is 19.2 Å². The molecule has 0 fully saturated rings. The Morgan fingerprint density at radius 3 is 3.06 bits per heavy atom. The average molecular weight is 252 g/mol. The van der Waals surface area contributed by atoms with Gasteiger partial charge in [0.1, 0.15) is 11.1 Å². The molecule has 0 bridgehead atoms. The highest BCUT2D eigenvalue weighted by Gasteiger charge is 2.26. The predicted octanol–water partition coefficient (Wildman–Crippen LogP) is 0.478. The number of rotatable bonds is 3. The number of nitrogens with one attached hydrogen (secondary N) is 2. The third-order valence-electron chi connectivity index (χ3n) is 2.64. The molecule has 0 atom stereocenters. The summed E-state index contributed by atoms with van der Waals surface area (Å²) < 4.78 is 6.20. The summed E-state index contributed by atoms with van der Waals surface area (Å²) in [7, 11) is 0. The molecular formula is C10H12N4O4. The number of anilines is 1. The van der Waals surface area contributed by atoms with Gasteiger partial charge in [0.05, 0.1) is 11.5 Å². The monoisotopic (exact) mass is 252 g/mol. The maximum absolute atomic E-state index is 11.6. The molecule has 0 aliphatic carbocycles. The van der Waals surface area contributed by atoms with E-state index in [-0.39, 0.29) is 29.2 Å². The van der Waals surface area contributed by atoms with Gasteiger partial charge >= 0.3 is 11.7 Å². The molecule has 8 heteroatoms. The fourth-order valence-electron chi connectivity index (χ4n) is 1.87. The lowest BCUT2D eigenvalue weighted by atomic mass is 10.2. The Bertz CT molecular complexity index is 578. The van der Waals surface area contributed by atoms with Gasteiger partial charge in [-0.15, -0.1) is 0 Å². The summed E-state index contributed by atoms with van der Waals surface area (Å²) in [6, 6.07) is 1.09. The van der Waals surface area contributed by atoms with E-state index in [2.05, 4.69) is 5.32 Å². The molecule has 2 N–H and O–H groups in total. The Kier molecular flexibility index (Phi) is 3.00. The van der Waals surface area contributed by atoms with Crippen LogP contribution in [0, 0.1) is 15.5 Å². The largest absolute Gasteiger partial charge is 0.462 e. The highest BCUT2D eigenvalue weighted by molar-refractivity contribution is 5.90. The second-order valence-electron chi connectivity index (χ2n) is 3.70. The molecule has 2 rings (SSSR count). The predicted molar refractivity (Wildman–Crippen MR) is 61.4 cm³/mol. The number of carbonyl (C=O) groups is 1. The van der Waals surface area contributed by atoms with E-state index in [1.807, 2.05) is 0 Å². The molecule has 1 aliphatic heterocycles. The molecule has 0 radical (unpaired) electrons. The molecule has 0 saturated heterocycles. The van der Waals surface area contributed by atoms with Crippen LogP contribution in [0.2, 0.25) is 0 Å². The molecule has 1 aromatic heterocycles. The molecular weight excluding hydrogens is 240 g/mol. The molecule has 8 nitrogen and oxygen atoms in total. The third kappa shape index (κ3) is 1.81. The first kappa shape index (κ1) is 12.1. The van der Waals surface area contributed by atoms with Gasteiger partial charge in [-0.3, -0.25) is 15.5 Å². The van der Waals surface area contributed by atoms with E-state index in [1.165, 1.54) is 4.57 Å². The van der Waals surface area contributed by atoms with E-state index in [0.29, 0.717) is 13.1 Å². The van der Waals surface area contributed by atoms with Gasteiger partial charge in [-0.05, 0) is 6.92 Å². The van der Waals surface area contributed by atoms with Crippen LogP contribution >= 0.6 is 0 Å². The summed E-state index contributed by atoms with van der Waals surface area (Å²) in [6.07, 6.45) is 0. The number of aromatic nitrogens is 1. The zero-order valence-corrected chi connectivity index (χ0v) is 9.73. The number of ether oxygens (including phenoxy) is 1. The number of carbonyl (C=O) groups excluding carboxylic acids is 1. The van der Waals surface area contributed by atoms with E-state index in [4.69, 9.17) is 10.1 Å². The van der Waals surface area contributed by atoms with Crippen molar-refractivity contribution in [2.45, 2.75) is 13.5 Å². The molecule has 2 heterocycles. The van der Waals surface area contributed by atoms with E-state index in [1.54, 1.807) is 6.92 Å². The molecule has 1 aliphatic rings. The molecule has 0 aromatic carbocycles. The van der Waals surface area contributed by atoms with Crippen molar-refractivity contribution in [3.8, 4) is 0 Å². The van der Waals surface area contributed by atoms with Crippen LogP contribution in [0.25, 0.3) is 0 Å². The molecule has 0 unspecified atom stereocenters. The number of fused-ring (bicyclic) bond motifs is 1. The zero-order chi connectivity index (χ0) is 13.3. The van der Waals surface area contributed by atoms with Crippen LogP contribution in [-0.4, -0.2) is 28.6 Å². The van der Waals surface area contributed by atoms with Crippen molar-refractivity contribution < 1.29 is 14.5 Å². The van der Waals surface area contributed by atoms with Crippen molar-refractivity contribution in [2.24, 2.45) is 0 Å². The van der Waals surface area contributed by atoms with Crippen LogP contribution in [0.15, 0.2) is 6.07 Å². The standard InChI is InChI=1S/C10H12N4O4/c1-2-18-10(15)6-5-7(14(16)17)9-12-3-4-13(9)8(6)11/h5,11-12H,2-4H2,1H3. The Morgan fingerprint density at radius 2 is 2.44 bits per heavy atom. The van der Waals surface area contributed by atoms with Crippen LogP contribution in [0.3, 0.4) is 0 Å². The fraction of sp³-hybridized carbons (Fsp3) is 0.400. The summed E-state index contributed by atoms with van der Waals surface area (Å²) in [4.78, 5) is 22.0. The Labute approximate surface area is 102 Å². The zero-order valence-electron chi connectivity index (χ0n) is 9.73.